The topological polar surface area (TPSA) is 37.4 Å². The van der Waals surface area contributed by atoms with Crippen molar-refractivity contribution in [2.45, 2.75) is 58.9 Å². The lowest BCUT2D eigenvalue weighted by Crippen LogP contribution is -2.50. The predicted molar refractivity (Wildman–Crippen MR) is 80.2 cm³/mol. The molecule has 3 heteroatoms. The Balaban J connectivity index is 1.69. The third kappa shape index (κ3) is 1.45. The molecule has 1 heterocycles. The maximum atomic E-state index is 12.8. The van der Waals surface area contributed by atoms with Gasteiger partial charge in [-0.15, -0.1) is 0 Å². The fraction of sp³-hybridized carbons (Fsp3) is 0.778. The number of carbonyl (C=O) groups excluding carboxylic acids is 2. The summed E-state index contributed by atoms with van der Waals surface area (Å²) in [6.07, 6.45) is 9.08. The van der Waals surface area contributed by atoms with Crippen molar-refractivity contribution in [2.75, 3.05) is 0 Å². The van der Waals surface area contributed by atoms with Gasteiger partial charge in [0.2, 0.25) is 11.8 Å². The van der Waals surface area contributed by atoms with Gasteiger partial charge in [-0.3, -0.25) is 14.5 Å². The van der Waals surface area contributed by atoms with Crippen LogP contribution in [-0.4, -0.2) is 22.8 Å². The van der Waals surface area contributed by atoms with Crippen LogP contribution >= 0.6 is 0 Å². The van der Waals surface area contributed by atoms with E-state index < -0.39 is 0 Å². The van der Waals surface area contributed by atoms with Gasteiger partial charge in [0.05, 0.1) is 11.8 Å². The van der Waals surface area contributed by atoms with Crippen molar-refractivity contribution in [3.8, 4) is 0 Å². The molecule has 0 radical (unpaired) electrons. The first-order valence-electron chi connectivity index (χ1n) is 8.40. The molecule has 21 heavy (non-hydrogen) atoms. The van der Waals surface area contributed by atoms with Crippen molar-refractivity contribution >= 4 is 11.8 Å². The number of amides is 2. The van der Waals surface area contributed by atoms with Gasteiger partial charge in [0.15, 0.2) is 0 Å². The summed E-state index contributed by atoms with van der Waals surface area (Å²) in [4.78, 5) is 27.4. The van der Waals surface area contributed by atoms with Crippen LogP contribution in [0.5, 0.6) is 0 Å². The number of rotatable bonds is 1. The Morgan fingerprint density at radius 3 is 2.05 bits per heavy atom. The second kappa shape index (κ2) is 3.99. The number of imide groups is 1. The molecule has 2 unspecified atom stereocenters. The van der Waals surface area contributed by atoms with E-state index in [0.717, 1.165) is 25.7 Å². The molecule has 4 aliphatic rings. The first-order chi connectivity index (χ1) is 9.88. The highest BCUT2D eigenvalue weighted by molar-refractivity contribution is 6.05. The second-order valence-corrected chi connectivity index (χ2v) is 8.33. The zero-order valence-corrected chi connectivity index (χ0v) is 13.3. The minimum atomic E-state index is -0.0756. The number of fused-ring (bicyclic) bond motifs is 3. The lowest BCUT2D eigenvalue weighted by molar-refractivity contribution is -0.146. The molecule has 114 valence electrons. The molecular formula is C18H25NO2. The molecule has 1 aliphatic heterocycles. The molecule has 0 aromatic heterocycles. The molecule has 2 amide bonds. The van der Waals surface area contributed by atoms with E-state index in [9.17, 15) is 9.59 Å². The van der Waals surface area contributed by atoms with E-state index in [0.29, 0.717) is 5.92 Å². The average Bonchev–Trinajstić information content (AvgIpc) is 2.92. The lowest BCUT2D eigenvalue weighted by Gasteiger charge is -2.42. The van der Waals surface area contributed by atoms with Crippen molar-refractivity contribution in [2.24, 2.45) is 28.6 Å². The number of allylic oxidation sites excluding steroid dienone is 2. The Kier molecular flexibility index (Phi) is 2.57. The van der Waals surface area contributed by atoms with Crippen molar-refractivity contribution < 1.29 is 9.59 Å². The zero-order valence-electron chi connectivity index (χ0n) is 13.3. The van der Waals surface area contributed by atoms with Crippen LogP contribution in [0.4, 0.5) is 0 Å². The minimum Gasteiger partial charge on any atom is -0.278 e. The third-order valence-corrected chi connectivity index (χ3v) is 7.60. The molecule has 0 aromatic rings. The highest BCUT2D eigenvalue weighted by Gasteiger charge is 2.66. The fourth-order valence-corrected chi connectivity index (χ4v) is 5.68. The fourth-order valence-electron chi connectivity index (χ4n) is 5.68. The van der Waals surface area contributed by atoms with Gasteiger partial charge in [-0.2, -0.15) is 0 Å². The van der Waals surface area contributed by atoms with Gasteiger partial charge in [-0.1, -0.05) is 32.9 Å². The normalized spacial score (nSPS) is 47.3. The summed E-state index contributed by atoms with van der Waals surface area (Å²) in [7, 11) is 0. The molecule has 3 nitrogen and oxygen atoms in total. The van der Waals surface area contributed by atoms with Gasteiger partial charge in [-0.25, -0.2) is 0 Å². The molecule has 0 N–H and O–H groups in total. The predicted octanol–water partition coefficient (Wildman–Crippen LogP) is 3.15. The Morgan fingerprint density at radius 1 is 1.05 bits per heavy atom. The summed E-state index contributed by atoms with van der Waals surface area (Å²) < 4.78 is 0. The maximum absolute atomic E-state index is 12.8. The van der Waals surface area contributed by atoms with Gasteiger partial charge in [0.1, 0.15) is 0 Å². The second-order valence-electron chi connectivity index (χ2n) is 8.33. The van der Waals surface area contributed by atoms with Crippen LogP contribution in [0.2, 0.25) is 0 Å². The van der Waals surface area contributed by atoms with E-state index in [2.05, 4.69) is 32.9 Å². The largest absolute Gasteiger partial charge is 0.278 e. The number of likely N-dealkylation sites (tertiary alicyclic amines) is 1. The first-order valence-corrected chi connectivity index (χ1v) is 8.40. The number of hydrogen-bond donors (Lipinski definition) is 0. The summed E-state index contributed by atoms with van der Waals surface area (Å²) in [5.74, 6) is 0.739. The van der Waals surface area contributed by atoms with E-state index in [1.807, 2.05) is 0 Å². The highest BCUT2D eigenvalue weighted by atomic mass is 16.2. The van der Waals surface area contributed by atoms with Crippen LogP contribution in [0, 0.1) is 28.6 Å². The summed E-state index contributed by atoms with van der Waals surface area (Å²) in [5.41, 5.74) is 0.341. The van der Waals surface area contributed by atoms with E-state index in [1.165, 1.54) is 6.42 Å². The third-order valence-electron chi connectivity index (χ3n) is 7.60. The standard InChI is InChI=1S/C18H25NO2/c1-17(2)11-8-9-18(17,3)14(10-11)19-15(20)12-6-4-5-7-13(12)16(19)21/h4-5,11-14H,6-10H2,1-3H3/t11-,12?,13?,14+,18+/m1/s1. The van der Waals surface area contributed by atoms with Crippen LogP contribution in [0.25, 0.3) is 0 Å². The van der Waals surface area contributed by atoms with E-state index in [4.69, 9.17) is 0 Å². The van der Waals surface area contributed by atoms with Gasteiger partial charge in [0.25, 0.3) is 0 Å². The first kappa shape index (κ1) is 13.5. The Labute approximate surface area is 126 Å². The van der Waals surface area contributed by atoms with Gasteiger partial charge >= 0.3 is 0 Å². The quantitative estimate of drug-likeness (QED) is 0.549. The lowest BCUT2D eigenvalue weighted by atomic mass is 9.69. The molecule has 0 aromatic carbocycles. The highest BCUT2D eigenvalue weighted by Crippen LogP contribution is 2.67. The monoisotopic (exact) mass is 287 g/mol. The molecule has 4 rings (SSSR count). The van der Waals surface area contributed by atoms with Gasteiger partial charge in [-0.05, 0) is 48.9 Å². The van der Waals surface area contributed by atoms with Crippen LogP contribution in [0.1, 0.15) is 52.9 Å². The number of nitrogens with zero attached hydrogens (tertiary/aromatic N) is 1. The average molecular weight is 287 g/mol. The van der Waals surface area contributed by atoms with Crippen LogP contribution in [0.15, 0.2) is 12.2 Å². The Morgan fingerprint density at radius 2 is 1.62 bits per heavy atom. The molecule has 1 saturated heterocycles. The molecule has 0 spiro atoms. The van der Waals surface area contributed by atoms with Gasteiger partial charge < -0.3 is 0 Å². The SMILES string of the molecule is CC1(C)[C@@H]2CC[C@@]1(C)[C@@H](N1C(=O)C3CC=CCC3C1=O)C2. The van der Waals surface area contributed by atoms with Crippen molar-refractivity contribution in [1.29, 1.82) is 0 Å². The van der Waals surface area contributed by atoms with Crippen LogP contribution in [0.3, 0.4) is 0 Å². The maximum Gasteiger partial charge on any atom is 0.233 e. The van der Waals surface area contributed by atoms with Crippen molar-refractivity contribution in [3.05, 3.63) is 12.2 Å². The molecule has 2 saturated carbocycles. The minimum absolute atomic E-state index is 0.0756. The van der Waals surface area contributed by atoms with E-state index in [1.54, 1.807) is 4.90 Å². The Hall–Kier alpha value is -1.12. The van der Waals surface area contributed by atoms with Crippen LogP contribution in [-0.2, 0) is 9.59 Å². The van der Waals surface area contributed by atoms with E-state index >= 15 is 0 Å². The zero-order chi connectivity index (χ0) is 15.0. The molecule has 5 atom stereocenters. The van der Waals surface area contributed by atoms with E-state index in [-0.39, 0.29) is 40.5 Å². The molecule has 3 aliphatic carbocycles. The summed E-state index contributed by atoms with van der Waals surface area (Å²) in [6, 6.07) is 0.136. The Bertz CT molecular complexity index is 523. The summed E-state index contributed by atoms with van der Waals surface area (Å²) in [5, 5.41) is 0. The molecular weight excluding hydrogens is 262 g/mol. The molecule has 3 fully saturated rings. The number of carbonyl (C=O) groups is 2. The summed E-state index contributed by atoms with van der Waals surface area (Å²) in [6.45, 7) is 6.99. The molecule has 2 bridgehead atoms. The van der Waals surface area contributed by atoms with Crippen molar-refractivity contribution in [3.63, 3.8) is 0 Å². The van der Waals surface area contributed by atoms with Gasteiger partial charge in [0, 0.05) is 6.04 Å². The number of hydrogen-bond acceptors (Lipinski definition) is 2. The smallest absolute Gasteiger partial charge is 0.233 e. The van der Waals surface area contributed by atoms with Crippen LogP contribution < -0.4 is 0 Å². The summed E-state index contributed by atoms with van der Waals surface area (Å²) >= 11 is 0. The van der Waals surface area contributed by atoms with Crippen molar-refractivity contribution in [1.82, 2.24) is 4.90 Å².